The van der Waals surface area contributed by atoms with Gasteiger partial charge in [0.05, 0.1) is 18.5 Å². The number of aromatic nitrogens is 2. The van der Waals surface area contributed by atoms with Crippen LogP contribution in [0.15, 0.2) is 18.2 Å². The zero-order valence-electron chi connectivity index (χ0n) is 13.5. The number of nitrogens with zero attached hydrogens (tertiary/aromatic N) is 2. The highest BCUT2D eigenvalue weighted by molar-refractivity contribution is 7.19. The monoisotopic (exact) mass is 330 g/mol. The number of fused-ring (bicyclic) bond motifs is 1. The third-order valence-electron chi connectivity index (χ3n) is 4.00. The molecule has 0 aliphatic rings. The van der Waals surface area contributed by atoms with Crippen molar-refractivity contribution in [3.05, 3.63) is 40.0 Å². The first kappa shape index (κ1) is 15.6. The first-order chi connectivity index (χ1) is 11.0. The van der Waals surface area contributed by atoms with Crippen molar-refractivity contribution < 1.29 is 14.6 Å². The number of benzene rings is 1. The molecule has 0 fully saturated rings. The van der Waals surface area contributed by atoms with Crippen LogP contribution in [0.4, 0.5) is 0 Å². The fourth-order valence-corrected chi connectivity index (χ4v) is 3.88. The van der Waals surface area contributed by atoms with E-state index in [0.717, 1.165) is 45.3 Å². The van der Waals surface area contributed by atoms with Gasteiger partial charge in [-0.05, 0) is 44.0 Å². The summed E-state index contributed by atoms with van der Waals surface area (Å²) < 4.78 is 7.27. The Labute approximate surface area is 138 Å². The molecule has 0 aliphatic carbocycles. The molecule has 2 aromatic heterocycles. The van der Waals surface area contributed by atoms with Crippen molar-refractivity contribution in [2.75, 3.05) is 7.11 Å². The molecule has 6 heteroatoms. The van der Waals surface area contributed by atoms with Gasteiger partial charge in [-0.15, -0.1) is 0 Å². The van der Waals surface area contributed by atoms with Crippen LogP contribution in [0.2, 0.25) is 0 Å². The quantitative estimate of drug-likeness (QED) is 0.787. The normalized spacial score (nSPS) is 11.1. The second kappa shape index (κ2) is 5.70. The number of carboxylic acid groups (broad SMARTS) is 1. The molecule has 0 radical (unpaired) electrons. The Kier molecular flexibility index (Phi) is 3.85. The second-order valence-electron chi connectivity index (χ2n) is 5.38. The lowest BCUT2D eigenvalue weighted by atomic mass is 10.1. The van der Waals surface area contributed by atoms with E-state index in [4.69, 9.17) is 9.72 Å². The van der Waals surface area contributed by atoms with Crippen LogP contribution in [0, 0.1) is 13.8 Å². The van der Waals surface area contributed by atoms with E-state index in [1.54, 1.807) is 7.11 Å². The number of aryl methyl sites for hydroxylation is 3. The molecule has 0 atom stereocenters. The minimum absolute atomic E-state index is 0.347. The highest BCUT2D eigenvalue weighted by Crippen LogP contribution is 2.33. The Morgan fingerprint density at radius 1 is 1.39 bits per heavy atom. The fraction of sp³-hybridized carbons (Fsp3) is 0.294. The molecule has 5 nitrogen and oxygen atoms in total. The summed E-state index contributed by atoms with van der Waals surface area (Å²) in [6, 6.07) is 5.98. The Balaban J connectivity index is 2.22. The number of aromatic carboxylic acids is 1. The van der Waals surface area contributed by atoms with Gasteiger partial charge in [-0.25, -0.2) is 9.78 Å². The molecular weight excluding hydrogens is 312 g/mol. The summed E-state index contributed by atoms with van der Waals surface area (Å²) in [5, 5.41) is 9.28. The highest BCUT2D eigenvalue weighted by atomic mass is 32.1. The van der Waals surface area contributed by atoms with Crippen molar-refractivity contribution in [1.29, 1.82) is 0 Å². The third-order valence-corrected chi connectivity index (χ3v) is 5.13. The lowest BCUT2D eigenvalue weighted by Gasteiger charge is -2.08. The van der Waals surface area contributed by atoms with Gasteiger partial charge in [0.1, 0.15) is 10.6 Å². The number of hydrogen-bond donors (Lipinski definition) is 1. The highest BCUT2D eigenvalue weighted by Gasteiger charge is 2.21. The lowest BCUT2D eigenvalue weighted by molar-refractivity contribution is 0.0701. The molecule has 120 valence electrons. The summed E-state index contributed by atoms with van der Waals surface area (Å²) in [6.45, 7) is 5.89. The van der Waals surface area contributed by atoms with Gasteiger partial charge >= 0.3 is 5.97 Å². The minimum atomic E-state index is -0.901. The SMILES string of the molecule is CCc1c(-c2ccc(OC)c(C)c2)nc2sc(C(=O)O)c(C)n12. The van der Waals surface area contributed by atoms with Crippen molar-refractivity contribution in [1.82, 2.24) is 9.38 Å². The number of carbonyl (C=O) groups is 1. The molecule has 1 N–H and O–H groups in total. The van der Waals surface area contributed by atoms with Crippen LogP contribution in [0.3, 0.4) is 0 Å². The van der Waals surface area contributed by atoms with Crippen LogP contribution < -0.4 is 4.74 Å². The zero-order chi connectivity index (χ0) is 16.7. The van der Waals surface area contributed by atoms with Crippen LogP contribution in [0.5, 0.6) is 5.75 Å². The lowest BCUT2D eigenvalue weighted by Crippen LogP contribution is -2.00. The Morgan fingerprint density at radius 3 is 2.70 bits per heavy atom. The smallest absolute Gasteiger partial charge is 0.347 e. The molecule has 0 spiro atoms. The third kappa shape index (κ3) is 2.39. The molecule has 1 aromatic carbocycles. The van der Waals surface area contributed by atoms with Gasteiger partial charge in [0.25, 0.3) is 0 Å². The molecule has 0 unspecified atom stereocenters. The van der Waals surface area contributed by atoms with E-state index in [-0.39, 0.29) is 0 Å². The average molecular weight is 330 g/mol. The van der Waals surface area contributed by atoms with E-state index in [9.17, 15) is 9.90 Å². The maximum atomic E-state index is 11.3. The van der Waals surface area contributed by atoms with Gasteiger partial charge in [0, 0.05) is 11.3 Å². The van der Waals surface area contributed by atoms with Gasteiger partial charge in [-0.2, -0.15) is 0 Å². The first-order valence-electron chi connectivity index (χ1n) is 7.37. The number of hydrogen-bond acceptors (Lipinski definition) is 4. The Hall–Kier alpha value is -2.34. The van der Waals surface area contributed by atoms with E-state index < -0.39 is 5.97 Å². The van der Waals surface area contributed by atoms with E-state index >= 15 is 0 Å². The average Bonchev–Trinajstić information content (AvgIpc) is 3.04. The van der Waals surface area contributed by atoms with Crippen LogP contribution in [0.25, 0.3) is 16.2 Å². The van der Waals surface area contributed by atoms with Gasteiger partial charge in [0.15, 0.2) is 4.96 Å². The van der Waals surface area contributed by atoms with Crippen molar-refractivity contribution >= 4 is 22.3 Å². The van der Waals surface area contributed by atoms with E-state index in [0.29, 0.717) is 4.88 Å². The van der Waals surface area contributed by atoms with Crippen molar-refractivity contribution in [2.24, 2.45) is 0 Å². The predicted molar refractivity (Wildman–Crippen MR) is 90.9 cm³/mol. The molecule has 0 saturated heterocycles. The fourth-order valence-electron chi connectivity index (χ4n) is 2.89. The maximum Gasteiger partial charge on any atom is 0.347 e. The molecule has 0 amide bonds. The molecule has 3 aromatic rings. The topological polar surface area (TPSA) is 63.8 Å². The summed E-state index contributed by atoms with van der Waals surface area (Å²) in [6.07, 6.45) is 0.776. The number of thiazole rings is 1. The van der Waals surface area contributed by atoms with Crippen molar-refractivity contribution in [2.45, 2.75) is 27.2 Å². The van der Waals surface area contributed by atoms with Crippen LogP contribution in [-0.2, 0) is 6.42 Å². The summed E-state index contributed by atoms with van der Waals surface area (Å²) in [5.74, 6) is -0.0564. The number of imidazole rings is 1. The molecule has 0 aliphatic heterocycles. The van der Waals surface area contributed by atoms with E-state index in [1.807, 2.05) is 30.4 Å². The number of methoxy groups -OCH3 is 1. The molecular formula is C17H18N2O3S. The van der Waals surface area contributed by atoms with Crippen molar-refractivity contribution in [3.8, 4) is 17.0 Å². The number of rotatable bonds is 4. The standard InChI is InChI=1S/C17H18N2O3S/c1-5-12-14(11-6-7-13(22-4)9(2)8-11)18-17-19(12)10(3)15(23-17)16(20)21/h6-8H,5H2,1-4H3,(H,20,21). The predicted octanol–water partition coefficient (Wildman–Crippen LogP) is 3.95. The summed E-state index contributed by atoms with van der Waals surface area (Å²) in [5.41, 5.74) is 4.74. The number of ether oxygens (including phenoxy) is 1. The van der Waals surface area contributed by atoms with E-state index in [2.05, 4.69) is 13.0 Å². The number of carboxylic acids is 1. The largest absolute Gasteiger partial charge is 0.496 e. The molecule has 0 bridgehead atoms. The second-order valence-corrected chi connectivity index (χ2v) is 6.36. The summed E-state index contributed by atoms with van der Waals surface area (Å²) in [7, 11) is 1.66. The Morgan fingerprint density at radius 2 is 2.13 bits per heavy atom. The van der Waals surface area contributed by atoms with Gasteiger partial charge in [-0.1, -0.05) is 18.3 Å². The summed E-state index contributed by atoms with van der Waals surface area (Å²) in [4.78, 5) is 17.1. The van der Waals surface area contributed by atoms with Gasteiger partial charge in [0.2, 0.25) is 0 Å². The molecule has 0 saturated carbocycles. The zero-order valence-corrected chi connectivity index (χ0v) is 14.3. The maximum absolute atomic E-state index is 11.3. The molecule has 23 heavy (non-hydrogen) atoms. The Bertz CT molecular complexity index is 908. The van der Waals surface area contributed by atoms with Crippen LogP contribution >= 0.6 is 11.3 Å². The van der Waals surface area contributed by atoms with Crippen molar-refractivity contribution in [3.63, 3.8) is 0 Å². The molecule has 3 rings (SSSR count). The van der Waals surface area contributed by atoms with Gasteiger partial charge in [-0.3, -0.25) is 4.40 Å². The first-order valence-corrected chi connectivity index (χ1v) is 8.18. The minimum Gasteiger partial charge on any atom is -0.496 e. The van der Waals surface area contributed by atoms with Gasteiger partial charge < -0.3 is 9.84 Å². The van der Waals surface area contributed by atoms with Crippen LogP contribution in [0.1, 0.15) is 33.5 Å². The molecule has 2 heterocycles. The summed E-state index contributed by atoms with van der Waals surface area (Å²) >= 11 is 1.22. The van der Waals surface area contributed by atoms with E-state index in [1.165, 1.54) is 11.3 Å². The van der Waals surface area contributed by atoms with Crippen LogP contribution in [-0.4, -0.2) is 27.6 Å².